The molecular formula is C15H14Cl3N5OS2. The Hall–Kier alpha value is -1.45. The SMILES string of the molecule is Nc1c(Cl)c(Cl)nc(C(=O)NNC(=S)NCCSc2ccccc2)c1Cl. The molecule has 1 heterocycles. The van der Waals surface area contributed by atoms with Gasteiger partial charge in [-0.2, -0.15) is 0 Å². The summed E-state index contributed by atoms with van der Waals surface area (Å²) in [5.74, 6) is 0.152. The number of aromatic nitrogens is 1. The van der Waals surface area contributed by atoms with E-state index >= 15 is 0 Å². The van der Waals surface area contributed by atoms with Crippen molar-refractivity contribution in [3.05, 3.63) is 51.2 Å². The zero-order valence-corrected chi connectivity index (χ0v) is 17.1. The van der Waals surface area contributed by atoms with Gasteiger partial charge in [0.25, 0.3) is 5.91 Å². The largest absolute Gasteiger partial charge is 0.396 e. The van der Waals surface area contributed by atoms with Gasteiger partial charge in [0.2, 0.25) is 0 Å². The molecular weight excluding hydrogens is 437 g/mol. The monoisotopic (exact) mass is 449 g/mol. The molecule has 138 valence electrons. The molecule has 0 unspecified atom stereocenters. The maximum Gasteiger partial charge on any atom is 0.289 e. The number of nitrogen functional groups attached to an aromatic ring is 1. The Balaban J connectivity index is 1.78. The predicted molar refractivity (Wildman–Crippen MR) is 112 cm³/mol. The van der Waals surface area contributed by atoms with E-state index in [0.29, 0.717) is 6.54 Å². The quantitative estimate of drug-likeness (QED) is 0.182. The average Bonchev–Trinajstić information content (AvgIpc) is 2.65. The number of hydrogen-bond acceptors (Lipinski definition) is 5. The number of thiocarbonyl (C=S) groups is 1. The molecule has 0 spiro atoms. The van der Waals surface area contributed by atoms with E-state index in [-0.39, 0.29) is 31.7 Å². The van der Waals surface area contributed by atoms with Crippen LogP contribution in [0.4, 0.5) is 5.69 Å². The topological polar surface area (TPSA) is 92.1 Å². The van der Waals surface area contributed by atoms with Gasteiger partial charge in [0.15, 0.2) is 16.0 Å². The number of anilines is 1. The van der Waals surface area contributed by atoms with Crippen LogP contribution in [0.15, 0.2) is 35.2 Å². The molecule has 0 radical (unpaired) electrons. The van der Waals surface area contributed by atoms with Crippen LogP contribution in [0.2, 0.25) is 15.2 Å². The third-order valence-electron chi connectivity index (χ3n) is 2.98. The zero-order chi connectivity index (χ0) is 19.1. The second kappa shape index (κ2) is 10.0. The zero-order valence-electron chi connectivity index (χ0n) is 13.2. The van der Waals surface area contributed by atoms with Gasteiger partial charge in [-0.1, -0.05) is 53.0 Å². The van der Waals surface area contributed by atoms with E-state index in [0.717, 1.165) is 5.75 Å². The Labute approximate surface area is 175 Å². The fourth-order valence-corrected chi connectivity index (χ4v) is 3.29. The number of hydrazine groups is 1. The van der Waals surface area contributed by atoms with Gasteiger partial charge in [-0.25, -0.2) is 4.98 Å². The fourth-order valence-electron chi connectivity index (χ4n) is 1.75. The number of amides is 1. The molecule has 26 heavy (non-hydrogen) atoms. The second-order valence-electron chi connectivity index (χ2n) is 4.79. The van der Waals surface area contributed by atoms with E-state index in [1.165, 1.54) is 4.90 Å². The maximum absolute atomic E-state index is 12.1. The molecule has 1 aromatic carbocycles. The van der Waals surface area contributed by atoms with Crippen molar-refractivity contribution < 1.29 is 4.79 Å². The van der Waals surface area contributed by atoms with Crippen molar-refractivity contribution in [2.24, 2.45) is 0 Å². The van der Waals surface area contributed by atoms with Crippen LogP contribution in [0.1, 0.15) is 10.5 Å². The molecule has 2 aromatic rings. The molecule has 5 N–H and O–H groups in total. The van der Waals surface area contributed by atoms with Crippen LogP contribution >= 0.6 is 58.8 Å². The van der Waals surface area contributed by atoms with E-state index in [1.54, 1.807) is 11.8 Å². The lowest BCUT2D eigenvalue weighted by Gasteiger charge is -2.13. The molecule has 0 fully saturated rings. The third-order valence-corrected chi connectivity index (χ3v) is 5.37. The van der Waals surface area contributed by atoms with Crippen molar-refractivity contribution in [3.63, 3.8) is 0 Å². The number of hydrogen-bond donors (Lipinski definition) is 4. The summed E-state index contributed by atoms with van der Waals surface area (Å²) in [7, 11) is 0. The smallest absolute Gasteiger partial charge is 0.289 e. The summed E-state index contributed by atoms with van der Waals surface area (Å²) >= 11 is 24.4. The van der Waals surface area contributed by atoms with Crippen molar-refractivity contribution in [1.29, 1.82) is 0 Å². The summed E-state index contributed by atoms with van der Waals surface area (Å²) in [6, 6.07) is 9.98. The van der Waals surface area contributed by atoms with Crippen LogP contribution in [0.3, 0.4) is 0 Å². The van der Waals surface area contributed by atoms with Crippen LogP contribution in [0.5, 0.6) is 0 Å². The molecule has 2 rings (SSSR count). The van der Waals surface area contributed by atoms with Crippen molar-refractivity contribution in [3.8, 4) is 0 Å². The normalized spacial score (nSPS) is 10.3. The van der Waals surface area contributed by atoms with E-state index in [9.17, 15) is 4.79 Å². The summed E-state index contributed by atoms with van der Waals surface area (Å²) < 4.78 is 0. The van der Waals surface area contributed by atoms with Gasteiger partial charge in [-0.3, -0.25) is 15.6 Å². The number of benzene rings is 1. The molecule has 0 saturated carbocycles. The van der Waals surface area contributed by atoms with E-state index in [2.05, 4.69) is 21.2 Å². The third kappa shape index (κ3) is 5.78. The first-order valence-electron chi connectivity index (χ1n) is 7.22. The fraction of sp³-hybridized carbons (Fsp3) is 0.133. The lowest BCUT2D eigenvalue weighted by atomic mass is 10.3. The van der Waals surface area contributed by atoms with Gasteiger partial charge < -0.3 is 11.1 Å². The summed E-state index contributed by atoms with van der Waals surface area (Å²) in [5, 5.41) is 3.01. The first kappa shape index (κ1) is 20.9. The highest BCUT2D eigenvalue weighted by atomic mass is 35.5. The standard InChI is InChI=1S/C15H14Cl3N5OS2/c16-9-11(19)10(17)13(18)21-12(9)14(24)22-23-15(25)20-6-7-26-8-4-2-1-3-5-8/h1-5H,6-7H2,(H2,19,21)(H,22,24)(H2,20,23,25). The molecule has 6 nitrogen and oxygen atoms in total. The van der Waals surface area contributed by atoms with Gasteiger partial charge in [-0.05, 0) is 24.4 Å². The first-order valence-corrected chi connectivity index (χ1v) is 9.75. The Morgan fingerprint density at radius 1 is 1.15 bits per heavy atom. The number of nitrogens with two attached hydrogens (primary N) is 1. The summed E-state index contributed by atoms with van der Waals surface area (Å²) in [6.07, 6.45) is 0. The highest BCUT2D eigenvalue weighted by molar-refractivity contribution is 7.99. The van der Waals surface area contributed by atoms with Crippen molar-refractivity contribution in [2.75, 3.05) is 18.0 Å². The molecule has 0 aliphatic rings. The number of nitrogens with one attached hydrogen (secondary N) is 3. The number of halogens is 3. The number of nitrogens with zero attached hydrogens (tertiary/aromatic N) is 1. The first-order chi connectivity index (χ1) is 12.4. The highest BCUT2D eigenvalue weighted by Gasteiger charge is 2.19. The second-order valence-corrected chi connectivity index (χ2v) is 7.48. The summed E-state index contributed by atoms with van der Waals surface area (Å²) in [6.45, 7) is 0.611. The molecule has 11 heteroatoms. The van der Waals surface area contributed by atoms with Crippen LogP contribution in [0.25, 0.3) is 0 Å². The predicted octanol–water partition coefficient (Wildman–Crippen LogP) is 3.53. The lowest BCUT2D eigenvalue weighted by Crippen LogP contribution is -2.47. The Kier molecular flexibility index (Phi) is 8.05. The number of rotatable bonds is 5. The Bertz CT molecular complexity index is 808. The lowest BCUT2D eigenvalue weighted by molar-refractivity contribution is 0.0939. The molecule has 0 atom stereocenters. The Morgan fingerprint density at radius 2 is 1.85 bits per heavy atom. The average molecular weight is 451 g/mol. The Morgan fingerprint density at radius 3 is 2.54 bits per heavy atom. The number of carbonyl (C=O) groups is 1. The maximum atomic E-state index is 12.1. The van der Waals surface area contributed by atoms with Crippen molar-refractivity contribution in [2.45, 2.75) is 4.90 Å². The minimum Gasteiger partial charge on any atom is -0.396 e. The van der Waals surface area contributed by atoms with E-state index < -0.39 is 5.91 Å². The van der Waals surface area contributed by atoms with Gasteiger partial charge in [0.1, 0.15) is 5.02 Å². The number of pyridine rings is 1. The molecule has 0 bridgehead atoms. The molecule has 0 aliphatic heterocycles. The van der Waals surface area contributed by atoms with Gasteiger partial charge >= 0.3 is 0 Å². The minimum absolute atomic E-state index is 0.00530. The number of thioether (sulfide) groups is 1. The number of carbonyl (C=O) groups excluding carboxylic acids is 1. The molecule has 1 amide bonds. The van der Waals surface area contributed by atoms with Gasteiger partial charge in [-0.15, -0.1) is 11.8 Å². The molecule has 1 aromatic heterocycles. The molecule has 0 aliphatic carbocycles. The van der Waals surface area contributed by atoms with Gasteiger partial charge in [0, 0.05) is 17.2 Å². The van der Waals surface area contributed by atoms with Crippen LogP contribution < -0.4 is 21.9 Å². The van der Waals surface area contributed by atoms with Crippen LogP contribution in [-0.2, 0) is 0 Å². The summed E-state index contributed by atoms with van der Waals surface area (Å²) in [5.41, 5.74) is 10.4. The summed E-state index contributed by atoms with van der Waals surface area (Å²) in [4.78, 5) is 17.1. The molecule has 0 saturated heterocycles. The van der Waals surface area contributed by atoms with E-state index in [1.807, 2.05) is 30.3 Å². The van der Waals surface area contributed by atoms with E-state index in [4.69, 9.17) is 52.8 Å². The van der Waals surface area contributed by atoms with Crippen molar-refractivity contribution in [1.82, 2.24) is 21.2 Å². The van der Waals surface area contributed by atoms with Crippen molar-refractivity contribution >= 4 is 75.5 Å². The van der Waals surface area contributed by atoms with Crippen LogP contribution in [0, 0.1) is 0 Å². The highest BCUT2D eigenvalue weighted by Crippen LogP contribution is 2.34. The van der Waals surface area contributed by atoms with Crippen LogP contribution in [-0.4, -0.2) is 28.3 Å². The minimum atomic E-state index is -0.650. The van der Waals surface area contributed by atoms with Gasteiger partial charge in [0.05, 0.1) is 10.7 Å².